The molecule has 0 spiro atoms. The first-order valence-corrected chi connectivity index (χ1v) is 8.83. The van der Waals surface area contributed by atoms with Crippen LogP contribution in [0.4, 0.5) is 0 Å². The van der Waals surface area contributed by atoms with Gasteiger partial charge in [-0.3, -0.25) is 0 Å². The van der Waals surface area contributed by atoms with E-state index in [1.807, 2.05) is 4.68 Å². The average molecular weight is 361 g/mol. The molecule has 2 aromatic heterocycles. The minimum Gasteiger partial charge on any atom is -0.375 e. The minimum atomic E-state index is 0.0283. The molecule has 0 N–H and O–H groups in total. The van der Waals surface area contributed by atoms with Gasteiger partial charge in [0.05, 0.1) is 24.2 Å². The van der Waals surface area contributed by atoms with Crippen LogP contribution < -0.4 is 0 Å². The Hall–Kier alpha value is -3.35. The highest BCUT2D eigenvalue weighted by molar-refractivity contribution is 6.08. The van der Waals surface area contributed by atoms with Crippen molar-refractivity contribution in [1.82, 2.24) is 19.6 Å². The molecule has 4 rings (SSSR count). The van der Waals surface area contributed by atoms with Crippen LogP contribution in [0.5, 0.6) is 0 Å². The van der Waals surface area contributed by atoms with Crippen molar-refractivity contribution >= 4 is 21.8 Å². The van der Waals surface area contributed by atoms with Crippen molar-refractivity contribution in [3.8, 4) is 5.69 Å². The van der Waals surface area contributed by atoms with Gasteiger partial charge in [0, 0.05) is 39.7 Å². The summed E-state index contributed by atoms with van der Waals surface area (Å²) in [4.78, 5) is 2.67. The molecule has 0 unspecified atom stereocenters. The van der Waals surface area contributed by atoms with Crippen LogP contribution in [0, 0.1) is 0 Å². The summed E-state index contributed by atoms with van der Waals surface area (Å²) in [6.07, 6.45) is 2.36. The number of rotatable bonds is 7. The predicted octanol–water partition coefficient (Wildman–Crippen LogP) is 4.22. The molecule has 27 heavy (non-hydrogen) atoms. The van der Waals surface area contributed by atoms with E-state index in [2.05, 4.69) is 74.3 Å². The number of fused-ring (bicyclic) bond motifs is 3. The van der Waals surface area contributed by atoms with Crippen LogP contribution in [-0.2, 0) is 17.7 Å². The summed E-state index contributed by atoms with van der Waals surface area (Å²) < 4.78 is 9.44. The Morgan fingerprint density at radius 1 is 1.15 bits per heavy atom. The number of nitrogens with zero attached hydrogens (tertiary/aromatic N) is 7. The van der Waals surface area contributed by atoms with Gasteiger partial charge in [0.2, 0.25) is 0 Å². The third-order valence-corrected chi connectivity index (χ3v) is 4.65. The van der Waals surface area contributed by atoms with E-state index in [4.69, 9.17) is 10.3 Å². The van der Waals surface area contributed by atoms with Gasteiger partial charge < -0.3 is 9.30 Å². The molecular weight excluding hydrogens is 342 g/mol. The summed E-state index contributed by atoms with van der Waals surface area (Å²) in [6, 6.07) is 14.8. The first kappa shape index (κ1) is 17.1. The smallest absolute Gasteiger partial charge is 0.125 e. The van der Waals surface area contributed by atoms with Crippen LogP contribution >= 0.6 is 0 Å². The molecule has 0 radical (unpaired) electrons. The third-order valence-electron chi connectivity index (χ3n) is 4.65. The highest BCUT2D eigenvalue weighted by atomic mass is 16.5. The Bertz CT molecular complexity index is 1140. The van der Waals surface area contributed by atoms with Gasteiger partial charge in [-0.1, -0.05) is 28.5 Å². The number of para-hydroxylation sites is 1. The zero-order chi connectivity index (χ0) is 18.6. The molecule has 0 bridgehead atoms. The molecule has 0 atom stereocenters. The van der Waals surface area contributed by atoms with Crippen molar-refractivity contribution in [2.45, 2.75) is 19.9 Å². The lowest BCUT2D eigenvalue weighted by atomic mass is 10.1. The first-order valence-electron chi connectivity index (χ1n) is 8.83. The topological polar surface area (TPSA) is 93.6 Å². The maximum Gasteiger partial charge on any atom is 0.125 e. The van der Waals surface area contributed by atoms with E-state index in [1.165, 1.54) is 21.8 Å². The number of aromatic nitrogens is 4. The maximum absolute atomic E-state index is 8.28. The Kier molecular flexibility index (Phi) is 4.74. The molecule has 8 heteroatoms. The van der Waals surface area contributed by atoms with Crippen LogP contribution in [0.25, 0.3) is 37.9 Å². The van der Waals surface area contributed by atoms with Crippen LogP contribution in [0.15, 0.2) is 53.8 Å². The summed E-state index contributed by atoms with van der Waals surface area (Å²) in [6.45, 7) is 3.54. The summed E-state index contributed by atoms with van der Waals surface area (Å²) in [5.41, 5.74) is 12.6. The number of benzene rings is 2. The van der Waals surface area contributed by atoms with Gasteiger partial charge >= 0.3 is 0 Å². The van der Waals surface area contributed by atoms with Crippen molar-refractivity contribution in [3.63, 3.8) is 0 Å². The molecule has 136 valence electrons. The average Bonchev–Trinajstić information content (AvgIpc) is 3.29. The molecule has 0 aliphatic carbocycles. The molecule has 0 saturated carbocycles. The lowest BCUT2D eigenvalue weighted by molar-refractivity contribution is 0.143. The molecule has 0 fully saturated rings. The molecule has 4 aromatic rings. The van der Waals surface area contributed by atoms with E-state index < -0.39 is 0 Å². The molecule has 0 saturated heterocycles. The largest absolute Gasteiger partial charge is 0.375 e. The fourth-order valence-corrected chi connectivity index (χ4v) is 3.47. The van der Waals surface area contributed by atoms with Gasteiger partial charge in [0.15, 0.2) is 0 Å². The standard InChI is InChI=1S/C19H19N7O/c1-2-25-18-6-4-3-5-16(18)17-11-14(7-8-19(17)25)26-15(12-21-24-26)9-10-27-13-22-23-20/h3-8,11-12H,2,9-10,13H2,1H3. The Balaban J connectivity index is 1.70. The highest BCUT2D eigenvalue weighted by Crippen LogP contribution is 2.30. The zero-order valence-electron chi connectivity index (χ0n) is 15.0. The van der Waals surface area contributed by atoms with Crippen molar-refractivity contribution in [3.05, 3.63) is 64.8 Å². The quantitative estimate of drug-likeness (QED) is 0.213. The van der Waals surface area contributed by atoms with Gasteiger partial charge in [0.25, 0.3) is 0 Å². The van der Waals surface area contributed by atoms with Gasteiger partial charge in [0.1, 0.15) is 6.73 Å². The molecule has 0 aliphatic rings. The van der Waals surface area contributed by atoms with Crippen molar-refractivity contribution in [2.75, 3.05) is 13.3 Å². The Labute approximate surface area is 155 Å². The number of aryl methyl sites for hydroxylation is 1. The van der Waals surface area contributed by atoms with Gasteiger partial charge in [-0.05, 0) is 36.7 Å². The Morgan fingerprint density at radius 3 is 2.85 bits per heavy atom. The van der Waals surface area contributed by atoms with Crippen LogP contribution in [0.3, 0.4) is 0 Å². The molecular formula is C19H19N7O. The van der Waals surface area contributed by atoms with Crippen LogP contribution in [0.2, 0.25) is 0 Å². The zero-order valence-corrected chi connectivity index (χ0v) is 15.0. The second-order valence-corrected chi connectivity index (χ2v) is 6.12. The molecule has 8 nitrogen and oxygen atoms in total. The molecule has 0 aliphatic heterocycles. The van der Waals surface area contributed by atoms with E-state index in [9.17, 15) is 0 Å². The van der Waals surface area contributed by atoms with E-state index in [-0.39, 0.29) is 6.73 Å². The fraction of sp³-hybridized carbons (Fsp3) is 0.263. The normalized spacial score (nSPS) is 11.1. The second-order valence-electron chi connectivity index (χ2n) is 6.12. The monoisotopic (exact) mass is 361 g/mol. The lowest BCUT2D eigenvalue weighted by Crippen LogP contribution is -2.06. The number of azide groups is 1. The van der Waals surface area contributed by atoms with E-state index in [0.717, 1.165) is 17.9 Å². The molecule has 0 amide bonds. The minimum absolute atomic E-state index is 0.0283. The summed E-state index contributed by atoms with van der Waals surface area (Å²) in [5, 5.41) is 14.1. The van der Waals surface area contributed by atoms with E-state index in [1.54, 1.807) is 6.20 Å². The summed E-state index contributed by atoms with van der Waals surface area (Å²) >= 11 is 0. The summed E-state index contributed by atoms with van der Waals surface area (Å²) in [5.74, 6) is 0. The van der Waals surface area contributed by atoms with Crippen LogP contribution in [0.1, 0.15) is 12.6 Å². The van der Waals surface area contributed by atoms with E-state index >= 15 is 0 Å². The Morgan fingerprint density at radius 2 is 2.00 bits per heavy atom. The first-order chi connectivity index (χ1) is 13.3. The lowest BCUT2D eigenvalue weighted by Gasteiger charge is -2.07. The number of hydrogen-bond acceptors (Lipinski definition) is 4. The van der Waals surface area contributed by atoms with E-state index in [0.29, 0.717) is 13.0 Å². The second kappa shape index (κ2) is 7.49. The number of hydrogen-bond donors (Lipinski definition) is 0. The maximum atomic E-state index is 8.28. The van der Waals surface area contributed by atoms with Gasteiger partial charge in [-0.25, -0.2) is 4.68 Å². The molecule has 2 heterocycles. The fourth-order valence-electron chi connectivity index (χ4n) is 3.47. The van der Waals surface area contributed by atoms with Gasteiger partial charge in [-0.2, -0.15) is 0 Å². The predicted molar refractivity (Wildman–Crippen MR) is 104 cm³/mol. The summed E-state index contributed by atoms with van der Waals surface area (Å²) in [7, 11) is 0. The van der Waals surface area contributed by atoms with Crippen molar-refractivity contribution in [2.24, 2.45) is 5.11 Å². The van der Waals surface area contributed by atoms with Gasteiger partial charge in [-0.15, -0.1) is 5.10 Å². The number of ether oxygens (including phenoxy) is 1. The van der Waals surface area contributed by atoms with Crippen molar-refractivity contribution in [1.29, 1.82) is 0 Å². The van der Waals surface area contributed by atoms with Crippen LogP contribution in [-0.4, -0.2) is 32.9 Å². The third kappa shape index (κ3) is 3.12. The van der Waals surface area contributed by atoms with Crippen molar-refractivity contribution < 1.29 is 4.74 Å². The highest BCUT2D eigenvalue weighted by Gasteiger charge is 2.12. The SMILES string of the molecule is CCn1c2ccccc2c2cc(-n3nncc3CCOCN=[N+]=[N-])ccc21. The molecule has 2 aromatic carbocycles.